The van der Waals surface area contributed by atoms with Gasteiger partial charge in [-0.15, -0.1) is 0 Å². The highest BCUT2D eigenvalue weighted by Crippen LogP contribution is 2.15. The van der Waals surface area contributed by atoms with E-state index < -0.39 is 0 Å². The van der Waals surface area contributed by atoms with Crippen molar-refractivity contribution in [1.29, 1.82) is 0 Å². The van der Waals surface area contributed by atoms with E-state index >= 15 is 0 Å². The van der Waals surface area contributed by atoms with Gasteiger partial charge in [-0.2, -0.15) is 0 Å². The van der Waals surface area contributed by atoms with Crippen LogP contribution in [0, 0.1) is 5.82 Å². The molecule has 1 aromatic carbocycles. The lowest BCUT2D eigenvalue weighted by Gasteiger charge is -2.28. The van der Waals surface area contributed by atoms with Gasteiger partial charge in [-0.1, -0.05) is 0 Å². The van der Waals surface area contributed by atoms with Crippen molar-refractivity contribution in [2.45, 2.75) is 13.1 Å². The second-order valence-corrected chi connectivity index (χ2v) is 4.55. The molecule has 98 valence electrons. The maximum atomic E-state index is 12.8. The number of fused-ring (bicyclic) bond motifs is 1. The minimum absolute atomic E-state index is 0.154. The summed E-state index contributed by atoms with van der Waals surface area (Å²) in [5.41, 5.74) is 1.73. The van der Waals surface area contributed by atoms with Crippen LogP contribution in [-0.4, -0.2) is 22.0 Å². The number of hydrogen-bond acceptors (Lipinski definition) is 1. The fourth-order valence-electron chi connectivity index (χ4n) is 2.22. The van der Waals surface area contributed by atoms with E-state index in [1.54, 1.807) is 17.0 Å². The fraction of sp³-hybridized carbons (Fsp3) is 0.214. The van der Waals surface area contributed by atoms with Crippen molar-refractivity contribution < 1.29 is 9.18 Å². The lowest BCUT2D eigenvalue weighted by atomic mass is 10.3. The van der Waals surface area contributed by atoms with Crippen LogP contribution >= 0.6 is 0 Å². The minimum Gasteiger partial charge on any atom is -0.348 e. The number of halogens is 1. The summed E-state index contributed by atoms with van der Waals surface area (Å²) in [4.78, 5) is 13.8. The van der Waals surface area contributed by atoms with Gasteiger partial charge in [0.15, 0.2) is 0 Å². The van der Waals surface area contributed by atoms with Crippen molar-refractivity contribution >= 4 is 11.7 Å². The molecular formula is C14H14FN3O. The Bertz CT molecular complexity index is 591. The molecule has 3 rings (SSSR count). The first-order valence-corrected chi connectivity index (χ1v) is 6.18. The van der Waals surface area contributed by atoms with Crippen molar-refractivity contribution in [1.82, 2.24) is 9.47 Å². The van der Waals surface area contributed by atoms with Crippen LogP contribution in [0.25, 0.3) is 0 Å². The molecule has 2 amide bonds. The zero-order chi connectivity index (χ0) is 13.2. The first-order chi connectivity index (χ1) is 9.22. The highest BCUT2D eigenvalue weighted by Gasteiger charge is 2.19. The number of benzene rings is 1. The maximum absolute atomic E-state index is 12.8. The molecule has 0 atom stereocenters. The zero-order valence-corrected chi connectivity index (χ0v) is 10.3. The number of anilines is 1. The second-order valence-electron chi connectivity index (χ2n) is 4.55. The largest absolute Gasteiger partial charge is 0.348 e. The summed E-state index contributed by atoms with van der Waals surface area (Å²) in [5.74, 6) is -0.311. The quantitative estimate of drug-likeness (QED) is 0.840. The number of aromatic nitrogens is 1. The van der Waals surface area contributed by atoms with E-state index in [4.69, 9.17) is 0 Å². The topological polar surface area (TPSA) is 37.3 Å². The van der Waals surface area contributed by atoms with Crippen LogP contribution in [0.1, 0.15) is 5.69 Å². The Labute approximate surface area is 110 Å². The van der Waals surface area contributed by atoms with Crippen molar-refractivity contribution in [3.05, 3.63) is 54.1 Å². The Morgan fingerprint density at radius 2 is 1.95 bits per heavy atom. The molecule has 2 aromatic rings. The Hall–Kier alpha value is -2.30. The number of nitrogens with zero attached hydrogens (tertiary/aromatic N) is 2. The first kappa shape index (κ1) is 11.8. The van der Waals surface area contributed by atoms with Crippen LogP contribution in [-0.2, 0) is 13.1 Å². The van der Waals surface area contributed by atoms with Gasteiger partial charge in [-0.05, 0) is 36.4 Å². The SMILES string of the molecule is O=C(Nc1ccc(F)cc1)N1CCn2cccc2C1. The van der Waals surface area contributed by atoms with E-state index in [0.29, 0.717) is 18.8 Å². The number of amides is 2. The highest BCUT2D eigenvalue weighted by atomic mass is 19.1. The summed E-state index contributed by atoms with van der Waals surface area (Å²) in [6.45, 7) is 2.08. The molecule has 1 aromatic heterocycles. The number of carbonyl (C=O) groups is 1. The standard InChI is InChI=1S/C14H14FN3O/c15-11-3-5-12(6-4-11)16-14(19)18-9-8-17-7-1-2-13(17)10-18/h1-7H,8-10H2,(H,16,19). The molecule has 5 heteroatoms. The zero-order valence-electron chi connectivity index (χ0n) is 10.3. The predicted molar refractivity (Wildman–Crippen MR) is 70.3 cm³/mol. The normalized spacial score (nSPS) is 14.1. The molecule has 0 aliphatic carbocycles. The molecular weight excluding hydrogens is 245 g/mol. The van der Waals surface area contributed by atoms with Crippen LogP contribution in [0.3, 0.4) is 0 Å². The average Bonchev–Trinajstić information content (AvgIpc) is 2.88. The van der Waals surface area contributed by atoms with Crippen molar-refractivity contribution in [3.8, 4) is 0 Å². The van der Waals surface area contributed by atoms with Gasteiger partial charge in [0.2, 0.25) is 0 Å². The fourth-order valence-corrected chi connectivity index (χ4v) is 2.22. The van der Waals surface area contributed by atoms with Crippen LogP contribution in [0.15, 0.2) is 42.6 Å². The summed E-state index contributed by atoms with van der Waals surface area (Å²) < 4.78 is 14.9. The Morgan fingerprint density at radius 1 is 1.16 bits per heavy atom. The lowest BCUT2D eigenvalue weighted by molar-refractivity contribution is 0.197. The molecule has 0 fully saturated rings. The average molecular weight is 259 g/mol. The van der Waals surface area contributed by atoms with Gasteiger partial charge < -0.3 is 14.8 Å². The Morgan fingerprint density at radius 3 is 2.74 bits per heavy atom. The molecule has 1 aliphatic heterocycles. The van der Waals surface area contributed by atoms with Crippen LogP contribution in [0.2, 0.25) is 0 Å². The summed E-state index contributed by atoms with van der Waals surface area (Å²) in [6.07, 6.45) is 2.02. The monoisotopic (exact) mass is 259 g/mol. The summed E-state index contributed by atoms with van der Waals surface area (Å²) in [7, 11) is 0. The molecule has 1 N–H and O–H groups in total. The Balaban J connectivity index is 1.67. The molecule has 0 saturated heterocycles. The van der Waals surface area contributed by atoms with E-state index in [0.717, 1.165) is 12.2 Å². The molecule has 1 aliphatic rings. The highest BCUT2D eigenvalue weighted by molar-refractivity contribution is 5.89. The van der Waals surface area contributed by atoms with Gasteiger partial charge in [0.05, 0.1) is 6.54 Å². The lowest BCUT2D eigenvalue weighted by Crippen LogP contribution is -2.40. The molecule has 4 nitrogen and oxygen atoms in total. The van der Waals surface area contributed by atoms with Crippen molar-refractivity contribution in [3.63, 3.8) is 0 Å². The predicted octanol–water partition coefficient (Wildman–Crippen LogP) is 2.67. The molecule has 19 heavy (non-hydrogen) atoms. The molecule has 0 unspecified atom stereocenters. The second kappa shape index (κ2) is 4.76. The summed E-state index contributed by atoms with van der Waals surface area (Å²) in [5, 5.41) is 2.77. The number of nitrogens with one attached hydrogen (secondary N) is 1. The third kappa shape index (κ3) is 2.45. The van der Waals surface area contributed by atoms with E-state index in [1.807, 2.05) is 18.3 Å². The molecule has 0 saturated carbocycles. The van der Waals surface area contributed by atoms with Crippen molar-refractivity contribution in [2.24, 2.45) is 0 Å². The molecule has 0 radical (unpaired) electrons. The number of urea groups is 1. The van der Waals surface area contributed by atoms with E-state index in [1.165, 1.54) is 12.1 Å². The number of hydrogen-bond donors (Lipinski definition) is 1. The van der Waals surface area contributed by atoms with E-state index in [-0.39, 0.29) is 11.8 Å². The van der Waals surface area contributed by atoms with E-state index in [9.17, 15) is 9.18 Å². The van der Waals surface area contributed by atoms with Gasteiger partial charge in [0, 0.05) is 30.7 Å². The van der Waals surface area contributed by atoms with Crippen LogP contribution < -0.4 is 5.32 Å². The van der Waals surface area contributed by atoms with Crippen molar-refractivity contribution in [2.75, 3.05) is 11.9 Å². The summed E-state index contributed by atoms with van der Waals surface area (Å²) >= 11 is 0. The van der Waals surface area contributed by atoms with Gasteiger partial charge in [-0.25, -0.2) is 9.18 Å². The molecule has 0 spiro atoms. The van der Waals surface area contributed by atoms with Crippen LogP contribution in [0.5, 0.6) is 0 Å². The molecule has 2 heterocycles. The smallest absolute Gasteiger partial charge is 0.322 e. The number of rotatable bonds is 1. The molecule has 0 bridgehead atoms. The number of carbonyl (C=O) groups excluding carboxylic acids is 1. The first-order valence-electron chi connectivity index (χ1n) is 6.18. The minimum atomic E-state index is -0.311. The Kier molecular flexibility index (Phi) is 2.95. The third-order valence-corrected chi connectivity index (χ3v) is 3.27. The van der Waals surface area contributed by atoms with E-state index in [2.05, 4.69) is 9.88 Å². The maximum Gasteiger partial charge on any atom is 0.322 e. The van der Waals surface area contributed by atoms with Crippen LogP contribution in [0.4, 0.5) is 14.9 Å². The van der Waals surface area contributed by atoms with Gasteiger partial charge in [0.25, 0.3) is 0 Å². The van der Waals surface area contributed by atoms with Gasteiger partial charge in [0.1, 0.15) is 5.82 Å². The third-order valence-electron chi connectivity index (χ3n) is 3.27. The summed E-state index contributed by atoms with van der Waals surface area (Å²) in [6, 6.07) is 9.61. The van der Waals surface area contributed by atoms with Gasteiger partial charge >= 0.3 is 6.03 Å². The van der Waals surface area contributed by atoms with Gasteiger partial charge in [-0.3, -0.25) is 0 Å².